The molecule has 5 heterocycles. The van der Waals surface area contributed by atoms with Crippen LogP contribution < -0.4 is 10.6 Å². The number of H-pyrrole nitrogens is 1. The first kappa shape index (κ1) is 25.3. The van der Waals surface area contributed by atoms with Gasteiger partial charge in [0.25, 0.3) is 5.91 Å². The normalized spacial score (nSPS) is 15.6. The second kappa shape index (κ2) is 10.7. The van der Waals surface area contributed by atoms with Gasteiger partial charge in [-0.25, -0.2) is 9.97 Å². The van der Waals surface area contributed by atoms with Crippen LogP contribution in [0.2, 0.25) is 0 Å². The zero-order valence-electron chi connectivity index (χ0n) is 23.0. The lowest BCUT2D eigenvalue weighted by Crippen LogP contribution is -2.37. The van der Waals surface area contributed by atoms with E-state index in [-0.39, 0.29) is 5.91 Å². The Morgan fingerprint density at radius 2 is 1.83 bits per heavy atom. The minimum Gasteiger partial charge on any atom is -0.373 e. The Morgan fingerprint density at radius 3 is 2.66 bits per heavy atom. The molecule has 0 aliphatic carbocycles. The Labute approximate surface area is 238 Å². The van der Waals surface area contributed by atoms with E-state index in [2.05, 4.69) is 56.1 Å². The Morgan fingerprint density at radius 1 is 1.00 bits per heavy atom. The summed E-state index contributed by atoms with van der Waals surface area (Å²) in [6, 6.07) is 20.5. The van der Waals surface area contributed by atoms with Crippen molar-refractivity contribution in [3.63, 3.8) is 0 Å². The summed E-state index contributed by atoms with van der Waals surface area (Å²) in [6.45, 7) is 3.13. The van der Waals surface area contributed by atoms with Gasteiger partial charge in [0.15, 0.2) is 5.82 Å². The molecule has 2 aromatic carbocycles. The molecule has 1 amide bonds. The molecule has 0 saturated carbocycles. The first-order valence-corrected chi connectivity index (χ1v) is 14.2. The van der Waals surface area contributed by atoms with Crippen LogP contribution in [0.25, 0.3) is 33.5 Å². The summed E-state index contributed by atoms with van der Waals surface area (Å²) in [6.07, 6.45) is 4.81. The topological polar surface area (TPSA) is 112 Å². The van der Waals surface area contributed by atoms with E-state index in [0.717, 1.165) is 57.9 Å². The highest BCUT2D eigenvalue weighted by Crippen LogP contribution is 2.30. The molecule has 7 rings (SSSR count). The number of aromatic amines is 1. The van der Waals surface area contributed by atoms with Crippen LogP contribution >= 0.6 is 0 Å². The Kier molecular flexibility index (Phi) is 6.64. The van der Waals surface area contributed by atoms with Crippen molar-refractivity contribution in [1.82, 2.24) is 35.4 Å². The number of hydrogen-bond donors (Lipinski definition) is 3. The van der Waals surface area contributed by atoms with Crippen LogP contribution in [0.1, 0.15) is 46.1 Å². The van der Waals surface area contributed by atoms with Crippen molar-refractivity contribution in [2.24, 2.45) is 0 Å². The summed E-state index contributed by atoms with van der Waals surface area (Å²) in [5.41, 5.74) is 7.29. The SMILES string of the molecule is CNc1nc(-c2cnc3ccccc3c2)nc2c1CCN(C(=O)c1cc(-c3ccc(C4CCNCC4)cc3)n[nH]1)C2. The number of fused-ring (bicyclic) bond motifs is 2. The lowest BCUT2D eigenvalue weighted by atomic mass is 9.89. The van der Waals surface area contributed by atoms with Gasteiger partial charge in [0.1, 0.15) is 11.5 Å². The van der Waals surface area contributed by atoms with Gasteiger partial charge in [0.2, 0.25) is 0 Å². The predicted molar refractivity (Wildman–Crippen MR) is 160 cm³/mol. The van der Waals surface area contributed by atoms with E-state index in [4.69, 9.17) is 9.97 Å². The Balaban J connectivity index is 1.11. The number of anilines is 1. The zero-order valence-corrected chi connectivity index (χ0v) is 23.0. The van der Waals surface area contributed by atoms with E-state index in [0.29, 0.717) is 36.9 Å². The van der Waals surface area contributed by atoms with E-state index in [1.807, 2.05) is 42.3 Å². The monoisotopic (exact) mass is 544 g/mol. The molecule has 9 heteroatoms. The molecule has 0 atom stereocenters. The molecular formula is C32H32N8O. The maximum Gasteiger partial charge on any atom is 0.272 e. The van der Waals surface area contributed by atoms with Crippen LogP contribution in [0.15, 0.2) is 66.9 Å². The summed E-state index contributed by atoms with van der Waals surface area (Å²) < 4.78 is 0. The molecule has 3 N–H and O–H groups in total. The molecule has 206 valence electrons. The third kappa shape index (κ3) is 4.93. The van der Waals surface area contributed by atoms with E-state index >= 15 is 0 Å². The molecular weight excluding hydrogens is 512 g/mol. The summed E-state index contributed by atoms with van der Waals surface area (Å²) in [7, 11) is 1.87. The number of piperidine rings is 1. The lowest BCUT2D eigenvalue weighted by molar-refractivity contribution is 0.0726. The van der Waals surface area contributed by atoms with E-state index in [1.54, 1.807) is 6.20 Å². The van der Waals surface area contributed by atoms with Crippen molar-refractivity contribution in [3.05, 3.63) is 89.4 Å². The van der Waals surface area contributed by atoms with Crippen LogP contribution in [0.5, 0.6) is 0 Å². The Hall–Kier alpha value is -4.63. The van der Waals surface area contributed by atoms with Crippen molar-refractivity contribution in [3.8, 4) is 22.6 Å². The van der Waals surface area contributed by atoms with Crippen molar-refractivity contribution >= 4 is 22.6 Å². The number of carbonyl (C=O) groups is 1. The highest BCUT2D eigenvalue weighted by molar-refractivity contribution is 5.93. The molecule has 3 aromatic heterocycles. The van der Waals surface area contributed by atoms with Crippen molar-refractivity contribution in [2.75, 3.05) is 32.0 Å². The largest absolute Gasteiger partial charge is 0.373 e. The van der Waals surface area contributed by atoms with Gasteiger partial charge in [-0.1, -0.05) is 42.5 Å². The standard InChI is InChI=1S/C32H32N8O/c1-33-31-25-12-15-40(19-29(25)36-30(37-31)24-16-23-4-2-3-5-26(23)35-18-24)32(41)28-17-27(38-39-28)22-8-6-20(7-9-22)21-10-13-34-14-11-21/h2-9,16-18,21,34H,10-15,19H2,1H3,(H,38,39)(H,33,36,37). The fourth-order valence-electron chi connectivity index (χ4n) is 5.96. The van der Waals surface area contributed by atoms with Gasteiger partial charge in [-0.2, -0.15) is 5.10 Å². The molecule has 2 aliphatic heterocycles. The van der Waals surface area contributed by atoms with E-state index in [1.165, 1.54) is 18.4 Å². The zero-order chi connectivity index (χ0) is 27.8. The molecule has 9 nitrogen and oxygen atoms in total. The third-order valence-electron chi connectivity index (χ3n) is 8.26. The average Bonchev–Trinajstić information content (AvgIpc) is 3.54. The van der Waals surface area contributed by atoms with Crippen LogP contribution in [0.3, 0.4) is 0 Å². The van der Waals surface area contributed by atoms with Crippen LogP contribution in [-0.4, -0.2) is 62.6 Å². The summed E-state index contributed by atoms with van der Waals surface area (Å²) in [5, 5.41) is 15.1. The number of carbonyl (C=O) groups excluding carboxylic acids is 1. The molecule has 1 saturated heterocycles. The number of nitrogens with one attached hydrogen (secondary N) is 3. The van der Waals surface area contributed by atoms with Crippen LogP contribution in [-0.2, 0) is 13.0 Å². The second-order valence-electron chi connectivity index (χ2n) is 10.8. The number of rotatable bonds is 5. The van der Waals surface area contributed by atoms with Gasteiger partial charge in [0, 0.05) is 41.9 Å². The summed E-state index contributed by atoms with van der Waals surface area (Å²) in [5.74, 6) is 1.91. The second-order valence-corrected chi connectivity index (χ2v) is 10.8. The maximum absolute atomic E-state index is 13.6. The van der Waals surface area contributed by atoms with Crippen molar-refractivity contribution in [2.45, 2.75) is 31.7 Å². The molecule has 41 heavy (non-hydrogen) atoms. The minimum atomic E-state index is -0.0840. The number of hydrogen-bond acceptors (Lipinski definition) is 7. The molecule has 0 radical (unpaired) electrons. The first-order chi connectivity index (χ1) is 20.2. The fourth-order valence-corrected chi connectivity index (χ4v) is 5.96. The molecule has 0 spiro atoms. The van der Waals surface area contributed by atoms with E-state index < -0.39 is 0 Å². The van der Waals surface area contributed by atoms with Crippen molar-refractivity contribution in [1.29, 1.82) is 0 Å². The quantitative estimate of drug-likeness (QED) is 0.292. The summed E-state index contributed by atoms with van der Waals surface area (Å²) >= 11 is 0. The minimum absolute atomic E-state index is 0.0840. The van der Waals surface area contributed by atoms with Gasteiger partial charge in [-0.3, -0.25) is 14.9 Å². The molecule has 5 aromatic rings. The molecule has 0 bridgehead atoms. The predicted octanol–water partition coefficient (Wildman–Crippen LogP) is 4.79. The number of para-hydroxylation sites is 1. The number of nitrogens with zero attached hydrogens (tertiary/aromatic N) is 5. The number of amides is 1. The Bertz CT molecular complexity index is 1720. The molecule has 2 aliphatic rings. The number of pyridine rings is 1. The van der Waals surface area contributed by atoms with Crippen LogP contribution in [0, 0.1) is 0 Å². The van der Waals surface area contributed by atoms with Crippen molar-refractivity contribution < 1.29 is 4.79 Å². The first-order valence-electron chi connectivity index (χ1n) is 14.2. The van der Waals surface area contributed by atoms with Gasteiger partial charge >= 0.3 is 0 Å². The van der Waals surface area contributed by atoms with Gasteiger partial charge in [-0.05, 0) is 62.0 Å². The van der Waals surface area contributed by atoms with Crippen LogP contribution in [0.4, 0.5) is 5.82 Å². The number of aromatic nitrogens is 5. The van der Waals surface area contributed by atoms with Gasteiger partial charge in [-0.15, -0.1) is 0 Å². The van der Waals surface area contributed by atoms with Gasteiger partial charge < -0.3 is 15.5 Å². The lowest BCUT2D eigenvalue weighted by Gasteiger charge is -2.29. The number of benzene rings is 2. The molecule has 0 unspecified atom stereocenters. The third-order valence-corrected chi connectivity index (χ3v) is 8.26. The smallest absolute Gasteiger partial charge is 0.272 e. The molecule has 1 fully saturated rings. The maximum atomic E-state index is 13.6. The van der Waals surface area contributed by atoms with Gasteiger partial charge in [0.05, 0.1) is 23.4 Å². The average molecular weight is 545 g/mol. The summed E-state index contributed by atoms with van der Waals surface area (Å²) in [4.78, 5) is 29.7. The van der Waals surface area contributed by atoms with E-state index in [9.17, 15) is 4.79 Å². The highest BCUT2D eigenvalue weighted by Gasteiger charge is 2.27. The highest BCUT2D eigenvalue weighted by atomic mass is 16.2. The fraction of sp³-hybridized carbons (Fsp3) is 0.281.